The van der Waals surface area contributed by atoms with E-state index in [1.165, 1.54) is 36.6 Å². The Kier molecular flexibility index (Phi) is 7.76. The fourth-order valence-electron chi connectivity index (χ4n) is 3.90. The first kappa shape index (κ1) is 23.0. The first-order valence-corrected chi connectivity index (χ1v) is 12.2. The molecule has 4 rings (SSSR count). The van der Waals surface area contributed by atoms with Crippen molar-refractivity contribution in [3.05, 3.63) is 71.5 Å². The van der Waals surface area contributed by atoms with Crippen LogP contribution in [0.4, 0.5) is 5.69 Å². The van der Waals surface area contributed by atoms with Gasteiger partial charge in [0.2, 0.25) is 5.91 Å². The number of nitrogens with zero attached hydrogens (tertiary/aromatic N) is 5. The second kappa shape index (κ2) is 11.1. The van der Waals surface area contributed by atoms with Crippen molar-refractivity contribution < 1.29 is 4.79 Å². The number of amides is 1. The molecule has 7 nitrogen and oxygen atoms in total. The highest BCUT2D eigenvalue weighted by molar-refractivity contribution is 8.00. The molecule has 3 aromatic rings. The number of rotatable bonds is 8. The Hall–Kier alpha value is -3.15. The summed E-state index contributed by atoms with van der Waals surface area (Å²) < 4.78 is 2.13. The Labute approximate surface area is 198 Å². The zero-order chi connectivity index (χ0) is 23.0. The molecule has 1 amide bonds. The van der Waals surface area contributed by atoms with Crippen LogP contribution in [0.1, 0.15) is 43.1 Å². The SMILES string of the molecule is CC(Sc1nnc(CN2CCCCC2)n1Cc1ccccc1)C(=O)Nc1ccccc1C#N. The van der Waals surface area contributed by atoms with E-state index < -0.39 is 5.25 Å². The fourth-order valence-corrected chi connectivity index (χ4v) is 4.77. The molecule has 2 heterocycles. The molecule has 8 heteroatoms. The van der Waals surface area contributed by atoms with Crippen molar-refractivity contribution >= 4 is 23.4 Å². The van der Waals surface area contributed by atoms with Crippen molar-refractivity contribution in [3.8, 4) is 6.07 Å². The maximum atomic E-state index is 12.9. The summed E-state index contributed by atoms with van der Waals surface area (Å²) in [4.78, 5) is 15.3. The number of anilines is 1. The third-order valence-corrected chi connectivity index (χ3v) is 6.83. The van der Waals surface area contributed by atoms with Crippen molar-refractivity contribution in [1.29, 1.82) is 5.26 Å². The van der Waals surface area contributed by atoms with Gasteiger partial charge in [0, 0.05) is 0 Å². The van der Waals surface area contributed by atoms with Gasteiger partial charge in [0.25, 0.3) is 0 Å². The summed E-state index contributed by atoms with van der Waals surface area (Å²) in [6.45, 7) is 5.43. The molecular weight excluding hydrogens is 432 g/mol. The zero-order valence-corrected chi connectivity index (χ0v) is 19.6. The fraction of sp³-hybridized carbons (Fsp3) is 0.360. The molecule has 1 aliphatic heterocycles. The second-order valence-electron chi connectivity index (χ2n) is 8.21. The third kappa shape index (κ3) is 6.01. The Balaban J connectivity index is 1.51. The van der Waals surface area contributed by atoms with Gasteiger partial charge in [0.1, 0.15) is 11.9 Å². The van der Waals surface area contributed by atoms with Crippen LogP contribution in [-0.4, -0.2) is 43.9 Å². The predicted octanol–water partition coefficient (Wildman–Crippen LogP) is 4.30. The van der Waals surface area contributed by atoms with Crippen molar-refractivity contribution in [2.24, 2.45) is 0 Å². The average molecular weight is 461 g/mol. The molecule has 0 aliphatic carbocycles. The highest BCUT2D eigenvalue weighted by Gasteiger charge is 2.22. The van der Waals surface area contributed by atoms with E-state index >= 15 is 0 Å². The van der Waals surface area contributed by atoms with E-state index in [0.29, 0.717) is 17.8 Å². The molecule has 0 saturated carbocycles. The lowest BCUT2D eigenvalue weighted by Gasteiger charge is -2.26. The zero-order valence-electron chi connectivity index (χ0n) is 18.8. The lowest BCUT2D eigenvalue weighted by Crippen LogP contribution is -2.30. The van der Waals surface area contributed by atoms with Crippen LogP contribution in [0.25, 0.3) is 0 Å². The number of thioether (sulfide) groups is 1. The van der Waals surface area contributed by atoms with Crippen molar-refractivity contribution in [1.82, 2.24) is 19.7 Å². The van der Waals surface area contributed by atoms with Crippen LogP contribution in [0.15, 0.2) is 59.8 Å². The number of nitrogens with one attached hydrogen (secondary N) is 1. The van der Waals surface area contributed by atoms with Crippen LogP contribution in [0, 0.1) is 11.3 Å². The average Bonchev–Trinajstić information content (AvgIpc) is 3.21. The number of piperidine rings is 1. The Morgan fingerprint density at radius 3 is 2.55 bits per heavy atom. The van der Waals surface area contributed by atoms with E-state index in [2.05, 4.69) is 43.2 Å². The summed E-state index contributed by atoms with van der Waals surface area (Å²) in [5.41, 5.74) is 2.13. The summed E-state index contributed by atoms with van der Waals surface area (Å²) >= 11 is 1.39. The molecule has 2 aromatic carbocycles. The van der Waals surface area contributed by atoms with E-state index in [4.69, 9.17) is 0 Å². The second-order valence-corrected chi connectivity index (χ2v) is 9.52. The van der Waals surface area contributed by atoms with Gasteiger partial charge in [0.15, 0.2) is 5.16 Å². The lowest BCUT2D eigenvalue weighted by molar-refractivity contribution is -0.115. The molecule has 1 aromatic heterocycles. The quantitative estimate of drug-likeness (QED) is 0.504. The van der Waals surface area contributed by atoms with Crippen molar-refractivity contribution in [2.45, 2.75) is 49.7 Å². The number of hydrogen-bond acceptors (Lipinski definition) is 6. The minimum atomic E-state index is -0.404. The van der Waals surface area contributed by atoms with Gasteiger partial charge in [-0.15, -0.1) is 10.2 Å². The number of nitriles is 1. The maximum absolute atomic E-state index is 12.9. The van der Waals surface area contributed by atoms with Gasteiger partial charge in [0.05, 0.1) is 29.6 Å². The summed E-state index contributed by atoms with van der Waals surface area (Å²) in [5, 5.41) is 21.4. The van der Waals surface area contributed by atoms with E-state index in [0.717, 1.165) is 30.6 Å². The molecule has 1 unspecified atom stereocenters. The number of carbonyl (C=O) groups excluding carboxylic acids is 1. The molecule has 1 fully saturated rings. The smallest absolute Gasteiger partial charge is 0.237 e. The molecule has 0 radical (unpaired) electrons. The van der Waals surface area contributed by atoms with Crippen LogP contribution in [0.2, 0.25) is 0 Å². The molecule has 33 heavy (non-hydrogen) atoms. The van der Waals surface area contributed by atoms with Gasteiger partial charge in [-0.05, 0) is 50.6 Å². The van der Waals surface area contributed by atoms with Gasteiger partial charge in [-0.1, -0.05) is 60.6 Å². The minimum Gasteiger partial charge on any atom is -0.324 e. The van der Waals surface area contributed by atoms with Gasteiger partial charge in [-0.2, -0.15) is 5.26 Å². The molecule has 1 atom stereocenters. The normalized spacial score (nSPS) is 15.0. The Morgan fingerprint density at radius 2 is 1.79 bits per heavy atom. The summed E-state index contributed by atoms with van der Waals surface area (Å²) in [6, 6.07) is 19.4. The molecular formula is C25H28N6OS. The lowest BCUT2D eigenvalue weighted by atomic mass is 10.1. The topological polar surface area (TPSA) is 86.8 Å². The van der Waals surface area contributed by atoms with Crippen LogP contribution < -0.4 is 5.32 Å². The molecule has 170 valence electrons. The summed E-state index contributed by atoms with van der Waals surface area (Å²) in [5.74, 6) is 0.750. The monoisotopic (exact) mass is 460 g/mol. The number of likely N-dealkylation sites (tertiary alicyclic amines) is 1. The highest BCUT2D eigenvalue weighted by Crippen LogP contribution is 2.26. The van der Waals surface area contributed by atoms with Crippen molar-refractivity contribution in [2.75, 3.05) is 18.4 Å². The number of hydrogen-bond donors (Lipinski definition) is 1. The Bertz CT molecular complexity index is 1120. The van der Waals surface area contributed by atoms with E-state index in [-0.39, 0.29) is 5.91 Å². The minimum absolute atomic E-state index is 0.172. The first-order chi connectivity index (χ1) is 16.1. The van der Waals surface area contributed by atoms with Gasteiger partial charge in [-0.3, -0.25) is 9.69 Å². The van der Waals surface area contributed by atoms with Crippen molar-refractivity contribution in [3.63, 3.8) is 0 Å². The molecule has 1 N–H and O–H groups in total. The van der Waals surface area contributed by atoms with Gasteiger partial charge >= 0.3 is 0 Å². The summed E-state index contributed by atoms with van der Waals surface area (Å²) in [6.07, 6.45) is 3.72. The molecule has 0 spiro atoms. The molecule has 0 bridgehead atoms. The number of carbonyl (C=O) groups is 1. The Morgan fingerprint density at radius 1 is 1.06 bits per heavy atom. The molecule has 1 aliphatic rings. The van der Waals surface area contributed by atoms with Crippen LogP contribution in [0.5, 0.6) is 0 Å². The van der Waals surface area contributed by atoms with Gasteiger partial charge in [-0.25, -0.2) is 0 Å². The highest BCUT2D eigenvalue weighted by atomic mass is 32.2. The number of aromatic nitrogens is 3. The van der Waals surface area contributed by atoms with E-state index in [1.807, 2.05) is 25.1 Å². The molecule has 1 saturated heterocycles. The van der Waals surface area contributed by atoms with E-state index in [1.54, 1.807) is 24.3 Å². The first-order valence-electron chi connectivity index (χ1n) is 11.3. The number of benzene rings is 2. The van der Waals surface area contributed by atoms with Crippen LogP contribution in [0.3, 0.4) is 0 Å². The number of para-hydroxylation sites is 1. The predicted molar refractivity (Wildman–Crippen MR) is 130 cm³/mol. The largest absolute Gasteiger partial charge is 0.324 e. The third-order valence-electron chi connectivity index (χ3n) is 5.75. The standard InChI is InChI=1S/C25H28N6OS/c1-19(24(32)27-22-13-7-6-12-21(22)16-26)33-25-29-28-23(18-30-14-8-3-9-15-30)31(25)17-20-10-4-2-5-11-20/h2,4-7,10-13,19H,3,8-9,14-15,17-18H2,1H3,(H,27,32). The summed E-state index contributed by atoms with van der Waals surface area (Å²) in [7, 11) is 0. The maximum Gasteiger partial charge on any atom is 0.237 e. The van der Waals surface area contributed by atoms with Crippen LogP contribution >= 0.6 is 11.8 Å². The van der Waals surface area contributed by atoms with Crippen LogP contribution in [-0.2, 0) is 17.9 Å². The van der Waals surface area contributed by atoms with E-state index in [9.17, 15) is 10.1 Å². The van der Waals surface area contributed by atoms with Gasteiger partial charge < -0.3 is 9.88 Å².